The SMILES string of the molecule is CCCCNC(=O)[C@H](C)N(Cc1cccc(Br)c1)C(=O)COc1cc(C)cc(C)c1C. The van der Waals surface area contributed by atoms with Gasteiger partial charge in [0.15, 0.2) is 6.61 Å². The van der Waals surface area contributed by atoms with Crippen molar-refractivity contribution in [3.8, 4) is 5.75 Å². The van der Waals surface area contributed by atoms with Gasteiger partial charge in [0.2, 0.25) is 5.91 Å². The lowest BCUT2D eigenvalue weighted by molar-refractivity contribution is -0.142. The first-order valence-electron chi connectivity index (χ1n) is 10.7. The summed E-state index contributed by atoms with van der Waals surface area (Å²) in [5, 5.41) is 2.93. The summed E-state index contributed by atoms with van der Waals surface area (Å²) >= 11 is 3.47. The topological polar surface area (TPSA) is 58.6 Å². The molecule has 1 N–H and O–H groups in total. The average molecular weight is 489 g/mol. The van der Waals surface area contributed by atoms with E-state index in [-0.39, 0.29) is 18.4 Å². The van der Waals surface area contributed by atoms with Crippen LogP contribution in [0.15, 0.2) is 40.9 Å². The van der Waals surface area contributed by atoms with Gasteiger partial charge in [0, 0.05) is 17.6 Å². The molecule has 5 nitrogen and oxygen atoms in total. The van der Waals surface area contributed by atoms with Crippen molar-refractivity contribution in [1.82, 2.24) is 10.2 Å². The highest BCUT2D eigenvalue weighted by Crippen LogP contribution is 2.23. The Morgan fingerprint density at radius 1 is 1.16 bits per heavy atom. The van der Waals surface area contributed by atoms with Crippen molar-refractivity contribution in [2.75, 3.05) is 13.2 Å². The highest BCUT2D eigenvalue weighted by molar-refractivity contribution is 9.10. The molecule has 0 aliphatic carbocycles. The maximum absolute atomic E-state index is 13.2. The van der Waals surface area contributed by atoms with E-state index in [0.717, 1.165) is 39.6 Å². The zero-order chi connectivity index (χ0) is 23.0. The zero-order valence-electron chi connectivity index (χ0n) is 19.1. The summed E-state index contributed by atoms with van der Waals surface area (Å²) in [7, 11) is 0. The molecule has 31 heavy (non-hydrogen) atoms. The van der Waals surface area contributed by atoms with Gasteiger partial charge in [-0.2, -0.15) is 0 Å². The summed E-state index contributed by atoms with van der Waals surface area (Å²) in [6.45, 7) is 10.7. The van der Waals surface area contributed by atoms with Crippen LogP contribution >= 0.6 is 15.9 Å². The van der Waals surface area contributed by atoms with Crippen LogP contribution < -0.4 is 10.1 Å². The molecule has 0 radical (unpaired) electrons. The van der Waals surface area contributed by atoms with Gasteiger partial charge < -0.3 is 15.0 Å². The number of carbonyl (C=O) groups is 2. The molecule has 0 aliphatic rings. The number of carbonyl (C=O) groups excluding carboxylic acids is 2. The lowest BCUT2D eigenvalue weighted by Gasteiger charge is -2.29. The highest BCUT2D eigenvalue weighted by Gasteiger charge is 2.26. The van der Waals surface area contributed by atoms with Gasteiger partial charge in [-0.25, -0.2) is 0 Å². The summed E-state index contributed by atoms with van der Waals surface area (Å²) in [5.74, 6) is 0.323. The minimum Gasteiger partial charge on any atom is -0.483 e. The normalized spacial score (nSPS) is 11.7. The van der Waals surface area contributed by atoms with Gasteiger partial charge in [-0.3, -0.25) is 9.59 Å². The molecule has 0 saturated carbocycles. The predicted molar refractivity (Wildman–Crippen MR) is 128 cm³/mol. The molecule has 2 aromatic rings. The molecule has 0 saturated heterocycles. The Labute approximate surface area is 194 Å². The van der Waals surface area contributed by atoms with Crippen molar-refractivity contribution < 1.29 is 14.3 Å². The lowest BCUT2D eigenvalue weighted by atomic mass is 10.1. The van der Waals surface area contributed by atoms with Crippen molar-refractivity contribution in [2.24, 2.45) is 0 Å². The number of hydrogen-bond donors (Lipinski definition) is 1. The van der Waals surface area contributed by atoms with E-state index in [2.05, 4.69) is 34.2 Å². The van der Waals surface area contributed by atoms with Crippen LogP contribution in [0.2, 0.25) is 0 Å². The molecule has 0 spiro atoms. The van der Waals surface area contributed by atoms with E-state index >= 15 is 0 Å². The van der Waals surface area contributed by atoms with Crippen LogP contribution in [-0.2, 0) is 16.1 Å². The Morgan fingerprint density at radius 2 is 1.90 bits per heavy atom. The number of nitrogens with zero attached hydrogens (tertiary/aromatic N) is 1. The molecular weight excluding hydrogens is 456 g/mol. The Morgan fingerprint density at radius 3 is 2.58 bits per heavy atom. The maximum atomic E-state index is 13.2. The minimum atomic E-state index is -0.604. The molecular formula is C25H33BrN2O3. The standard InChI is InChI=1S/C25H33BrN2O3/c1-6-7-11-27-25(30)20(5)28(15-21-9-8-10-22(26)14-21)24(29)16-31-23-13-17(2)12-18(3)19(23)4/h8-10,12-14,20H,6-7,11,15-16H2,1-5H3,(H,27,30)/t20-/m0/s1. The van der Waals surface area contributed by atoms with Crippen LogP contribution in [0.4, 0.5) is 0 Å². The van der Waals surface area contributed by atoms with Crippen molar-refractivity contribution in [3.05, 3.63) is 63.1 Å². The number of hydrogen-bond acceptors (Lipinski definition) is 3. The molecule has 0 heterocycles. The number of unbranched alkanes of at least 4 members (excludes halogenated alkanes) is 1. The second-order valence-corrected chi connectivity index (χ2v) is 8.88. The minimum absolute atomic E-state index is 0.121. The van der Waals surface area contributed by atoms with Gasteiger partial charge in [-0.15, -0.1) is 0 Å². The van der Waals surface area contributed by atoms with Crippen LogP contribution in [0.5, 0.6) is 5.75 Å². The molecule has 0 fully saturated rings. The number of nitrogens with one attached hydrogen (secondary N) is 1. The zero-order valence-corrected chi connectivity index (χ0v) is 20.7. The molecule has 0 bridgehead atoms. The van der Waals surface area contributed by atoms with Crippen molar-refractivity contribution in [1.29, 1.82) is 0 Å². The first-order chi connectivity index (χ1) is 14.7. The smallest absolute Gasteiger partial charge is 0.261 e. The largest absolute Gasteiger partial charge is 0.483 e. The predicted octanol–water partition coefficient (Wildman–Crippen LogP) is 5.09. The first-order valence-corrected chi connectivity index (χ1v) is 11.5. The van der Waals surface area contributed by atoms with Crippen LogP contribution in [0.3, 0.4) is 0 Å². The molecule has 0 aliphatic heterocycles. The summed E-state index contributed by atoms with van der Waals surface area (Å²) in [4.78, 5) is 27.4. The van der Waals surface area contributed by atoms with E-state index in [1.807, 2.05) is 51.1 Å². The molecule has 1 atom stereocenters. The number of aryl methyl sites for hydroxylation is 2. The van der Waals surface area contributed by atoms with Crippen LogP contribution in [-0.4, -0.2) is 35.9 Å². The molecule has 2 amide bonds. The Hall–Kier alpha value is -2.34. The number of rotatable bonds is 10. The number of halogens is 1. The van der Waals surface area contributed by atoms with Crippen LogP contribution in [0.25, 0.3) is 0 Å². The summed E-state index contributed by atoms with van der Waals surface area (Å²) in [6.07, 6.45) is 1.91. The number of benzene rings is 2. The van der Waals surface area contributed by atoms with Crippen molar-refractivity contribution in [3.63, 3.8) is 0 Å². The van der Waals surface area contributed by atoms with Crippen LogP contribution in [0, 0.1) is 20.8 Å². The Balaban J connectivity index is 2.18. The molecule has 168 valence electrons. The van der Waals surface area contributed by atoms with Gasteiger partial charge in [-0.05, 0) is 74.6 Å². The third kappa shape index (κ3) is 7.39. The molecule has 0 unspecified atom stereocenters. The van der Waals surface area contributed by atoms with E-state index in [1.165, 1.54) is 0 Å². The van der Waals surface area contributed by atoms with Crippen molar-refractivity contribution >= 4 is 27.7 Å². The van der Waals surface area contributed by atoms with E-state index in [4.69, 9.17) is 4.74 Å². The number of amides is 2. The fourth-order valence-electron chi connectivity index (χ4n) is 3.32. The summed E-state index contributed by atoms with van der Waals surface area (Å²) < 4.78 is 6.83. The van der Waals surface area contributed by atoms with Crippen molar-refractivity contribution in [2.45, 2.75) is 60.0 Å². The third-order valence-electron chi connectivity index (χ3n) is 5.35. The Kier molecular flexibility index (Phi) is 9.56. The molecule has 2 rings (SSSR count). The van der Waals surface area contributed by atoms with Gasteiger partial charge >= 0.3 is 0 Å². The second kappa shape index (κ2) is 11.9. The van der Waals surface area contributed by atoms with E-state index in [1.54, 1.807) is 11.8 Å². The second-order valence-electron chi connectivity index (χ2n) is 7.97. The van der Waals surface area contributed by atoms with Gasteiger partial charge in [0.05, 0.1) is 0 Å². The third-order valence-corrected chi connectivity index (χ3v) is 5.85. The average Bonchev–Trinajstić information content (AvgIpc) is 2.73. The molecule has 2 aromatic carbocycles. The number of ether oxygens (including phenoxy) is 1. The van der Waals surface area contributed by atoms with Gasteiger partial charge in [0.1, 0.15) is 11.8 Å². The maximum Gasteiger partial charge on any atom is 0.261 e. The fourth-order valence-corrected chi connectivity index (χ4v) is 3.77. The summed E-state index contributed by atoms with van der Waals surface area (Å²) in [6, 6.07) is 11.2. The Bertz CT molecular complexity index is 914. The van der Waals surface area contributed by atoms with E-state index < -0.39 is 6.04 Å². The quantitative estimate of drug-likeness (QED) is 0.474. The van der Waals surface area contributed by atoms with E-state index in [9.17, 15) is 9.59 Å². The lowest BCUT2D eigenvalue weighted by Crippen LogP contribution is -2.49. The first kappa shape index (κ1) is 24.9. The molecule has 6 heteroatoms. The molecule has 0 aromatic heterocycles. The highest BCUT2D eigenvalue weighted by atomic mass is 79.9. The van der Waals surface area contributed by atoms with E-state index in [0.29, 0.717) is 18.8 Å². The summed E-state index contributed by atoms with van der Waals surface area (Å²) in [5.41, 5.74) is 4.16. The van der Waals surface area contributed by atoms with Gasteiger partial charge in [-0.1, -0.05) is 47.5 Å². The fraction of sp³-hybridized carbons (Fsp3) is 0.440. The van der Waals surface area contributed by atoms with Gasteiger partial charge in [0.25, 0.3) is 5.91 Å². The van der Waals surface area contributed by atoms with Crippen LogP contribution in [0.1, 0.15) is 48.9 Å². The monoisotopic (exact) mass is 488 g/mol.